The second-order valence-electron chi connectivity index (χ2n) is 32.7. The van der Waals surface area contributed by atoms with E-state index in [1.807, 2.05) is 4.90 Å². The Bertz CT molecular complexity index is 2370. The molecule has 41 nitrogen and oxygen atoms in total. The molecule has 0 aromatic rings. The van der Waals surface area contributed by atoms with Crippen LogP contribution in [0.25, 0.3) is 0 Å². The van der Waals surface area contributed by atoms with Gasteiger partial charge < -0.3 is 144 Å². The molecule has 0 aliphatic heterocycles. The Morgan fingerprint density at radius 1 is 0.200 bits per heavy atom. The molecular formula is C84H165N13O28. The van der Waals surface area contributed by atoms with Gasteiger partial charge in [-0.05, 0) is 154 Å². The summed E-state index contributed by atoms with van der Waals surface area (Å²) in [5, 5.41) is 25.5. The Hall–Kier alpha value is -6.33. The van der Waals surface area contributed by atoms with Crippen LogP contribution in [0.15, 0.2) is 0 Å². The van der Waals surface area contributed by atoms with Crippen molar-refractivity contribution in [3.05, 3.63) is 0 Å². The van der Waals surface area contributed by atoms with E-state index in [4.69, 9.17) is 95.7 Å². The number of nitrogens with one attached hydrogen (secondary N) is 9. The molecule has 0 saturated carbocycles. The van der Waals surface area contributed by atoms with Crippen molar-refractivity contribution in [3.63, 3.8) is 0 Å². The molecule has 0 aliphatic rings. The molecule has 125 heavy (non-hydrogen) atoms. The highest BCUT2D eigenvalue weighted by Crippen LogP contribution is 2.10. The van der Waals surface area contributed by atoms with Crippen LogP contribution in [0.1, 0.15) is 147 Å². The lowest BCUT2D eigenvalue weighted by Crippen LogP contribution is -2.50. The van der Waals surface area contributed by atoms with E-state index >= 15 is 0 Å². The summed E-state index contributed by atoms with van der Waals surface area (Å²) < 4.78 is 106. The highest BCUT2D eigenvalue weighted by atomic mass is 16.6. The molecule has 0 spiro atoms. The number of alkyl carbamates (subject to hydrolysis) is 4. The van der Waals surface area contributed by atoms with Crippen molar-refractivity contribution in [2.45, 2.75) is 170 Å². The lowest BCUT2D eigenvalue weighted by Gasteiger charge is -2.29. The van der Waals surface area contributed by atoms with Crippen LogP contribution in [0.4, 0.5) is 19.2 Å². The first-order valence-corrected chi connectivity index (χ1v) is 44.6. The van der Waals surface area contributed by atoms with Gasteiger partial charge in [-0.15, -0.1) is 0 Å². The molecular weight excluding hydrogens is 1640 g/mol. The maximum atomic E-state index is 13.9. The van der Waals surface area contributed by atoms with E-state index in [1.165, 1.54) is 0 Å². The number of nitrogens with zero attached hydrogens (tertiary/aromatic N) is 3. The van der Waals surface area contributed by atoms with Crippen LogP contribution in [0.2, 0.25) is 0 Å². The predicted octanol–water partition coefficient (Wildman–Crippen LogP) is 2.68. The number of ether oxygens (including phenoxy) is 19. The lowest BCUT2D eigenvalue weighted by atomic mass is 10.2. The van der Waals surface area contributed by atoms with Gasteiger partial charge in [-0.1, -0.05) is 0 Å². The Labute approximate surface area is 744 Å². The van der Waals surface area contributed by atoms with Crippen molar-refractivity contribution in [3.8, 4) is 0 Å². The second-order valence-corrected chi connectivity index (χ2v) is 32.7. The summed E-state index contributed by atoms with van der Waals surface area (Å²) in [5.74, 6) is -1.69. The first-order chi connectivity index (χ1) is 59.8. The van der Waals surface area contributed by atoms with Crippen LogP contribution in [-0.2, 0) is 114 Å². The molecule has 0 saturated heterocycles. The van der Waals surface area contributed by atoms with E-state index in [0.717, 1.165) is 6.42 Å². The third-order valence-corrected chi connectivity index (χ3v) is 16.0. The lowest BCUT2D eigenvalue weighted by molar-refractivity contribution is -0.126. The highest BCUT2D eigenvalue weighted by molar-refractivity contribution is 5.82. The SMILES string of the molecule is CC(C)(C)OC(=O)NCCCOCCOCCOCCCNC(=O)CN(CCN(CCN(CC(=O)NCCCOCCOCCOCCCNC(=O)OC(C)(C)C)CC(=O)NCCCOCCOCCOCCCNC(=O)OC(C)(C)C)CC(=O)NCCCOCCOCCOCCCN)CC(=O)NCCCOCCOCCOCCCNC(=O)OC(C)(C)C. The van der Waals surface area contributed by atoms with Gasteiger partial charge in [-0.25, -0.2) is 19.2 Å². The van der Waals surface area contributed by atoms with Crippen molar-refractivity contribution in [2.24, 2.45) is 5.73 Å². The molecule has 734 valence electrons. The fourth-order valence-electron chi connectivity index (χ4n) is 10.2. The van der Waals surface area contributed by atoms with Crippen LogP contribution >= 0.6 is 0 Å². The summed E-state index contributed by atoms with van der Waals surface area (Å²) in [7, 11) is 0. The third-order valence-electron chi connectivity index (χ3n) is 16.0. The second kappa shape index (κ2) is 80.9. The van der Waals surface area contributed by atoms with E-state index in [-0.39, 0.29) is 115 Å². The zero-order valence-corrected chi connectivity index (χ0v) is 78.1. The van der Waals surface area contributed by atoms with Crippen molar-refractivity contribution in [1.29, 1.82) is 0 Å². The number of hydrogen-bond acceptors (Lipinski definition) is 32. The van der Waals surface area contributed by atoms with Crippen LogP contribution in [0.3, 0.4) is 0 Å². The summed E-state index contributed by atoms with van der Waals surface area (Å²) in [4.78, 5) is 122. The van der Waals surface area contributed by atoms with Crippen molar-refractivity contribution < 1.29 is 133 Å². The molecule has 9 amide bonds. The summed E-state index contributed by atoms with van der Waals surface area (Å²) in [5.41, 5.74) is 3.23. The Kier molecular flexibility index (Phi) is 76.8. The van der Waals surface area contributed by atoms with Gasteiger partial charge in [0, 0.05) is 151 Å². The fourth-order valence-corrected chi connectivity index (χ4v) is 10.2. The molecule has 0 bridgehead atoms. The third kappa shape index (κ3) is 92.2. The topological polar surface area (TPSA) is 473 Å². The molecule has 0 aromatic carbocycles. The van der Waals surface area contributed by atoms with Crippen molar-refractivity contribution in [2.75, 3.05) is 323 Å². The molecule has 0 heterocycles. The number of carbonyl (C=O) groups is 9. The molecule has 41 heteroatoms. The fraction of sp³-hybridized carbons (Fsp3) is 0.893. The minimum absolute atomic E-state index is 0.115. The van der Waals surface area contributed by atoms with Gasteiger partial charge in [-0.2, -0.15) is 0 Å². The zero-order chi connectivity index (χ0) is 92.4. The maximum Gasteiger partial charge on any atom is 0.407 e. The van der Waals surface area contributed by atoms with Crippen LogP contribution in [-0.4, -0.2) is 414 Å². The van der Waals surface area contributed by atoms with Gasteiger partial charge in [0.2, 0.25) is 29.5 Å². The molecule has 11 N–H and O–H groups in total. The summed E-state index contributed by atoms with van der Waals surface area (Å²) in [6.45, 7) is 36.3. The quantitative estimate of drug-likeness (QED) is 0.0309. The van der Waals surface area contributed by atoms with Crippen LogP contribution < -0.4 is 53.6 Å². The standard InChI is InChI=1S/C84H165N13O28/c1-81(2,3)122-77(103)91-29-19-43-113-53-63-118-59-49-109-39-15-25-87-73(99)68-96(69-74(100)88-26-16-40-110-50-60-119-64-54-114-44-20-30-92-78(104)123-82(4,5)6)35-33-95(67-72(98)86-24-14-38-108-48-58-117-57-47-107-37-13-23-85)34-36-97(70-75(101)89-27-17-41-111-51-61-120-65-55-115-45-21-31-93-79(105)124-83(7,8)9)71-76(102)90-28-18-42-112-52-62-121-66-56-116-46-22-32-94-80(106)125-84(10,11)12/h13-71,85H2,1-12H3,(H,86,98)(H,87,99)(H,88,100)(H,89,101)(H,90,102)(H,91,103)(H,92,104)(H,93,105)(H,94,106). The summed E-state index contributed by atoms with van der Waals surface area (Å²) in [6, 6.07) is 0. The smallest absolute Gasteiger partial charge is 0.407 e. The summed E-state index contributed by atoms with van der Waals surface area (Å²) in [6.07, 6.45) is 3.79. The molecule has 0 radical (unpaired) electrons. The Morgan fingerprint density at radius 3 is 0.496 bits per heavy atom. The maximum absolute atomic E-state index is 13.9. The van der Waals surface area contributed by atoms with E-state index in [0.29, 0.717) is 295 Å². The number of hydrogen-bond donors (Lipinski definition) is 10. The van der Waals surface area contributed by atoms with Crippen LogP contribution in [0.5, 0.6) is 0 Å². The normalized spacial score (nSPS) is 11.9. The van der Waals surface area contributed by atoms with Gasteiger partial charge in [0.1, 0.15) is 22.4 Å². The van der Waals surface area contributed by atoms with E-state index in [1.54, 1.807) is 92.9 Å². The van der Waals surface area contributed by atoms with Gasteiger partial charge in [-0.3, -0.25) is 38.7 Å². The molecule has 0 rings (SSSR count). The monoisotopic (exact) mass is 1800 g/mol. The van der Waals surface area contributed by atoms with Gasteiger partial charge in [0.25, 0.3) is 0 Å². The zero-order valence-electron chi connectivity index (χ0n) is 78.1. The van der Waals surface area contributed by atoms with Gasteiger partial charge >= 0.3 is 24.4 Å². The minimum Gasteiger partial charge on any atom is -0.444 e. The average Bonchev–Trinajstić information content (AvgIpc) is 0.903. The van der Waals surface area contributed by atoms with E-state index < -0.39 is 46.8 Å². The minimum atomic E-state index is -0.577. The molecule has 0 aromatic heterocycles. The molecule has 0 unspecified atom stereocenters. The number of carbonyl (C=O) groups excluding carboxylic acids is 9. The van der Waals surface area contributed by atoms with Gasteiger partial charge in [0.15, 0.2) is 0 Å². The number of nitrogens with two attached hydrogens (primary N) is 1. The van der Waals surface area contributed by atoms with Gasteiger partial charge in [0.05, 0.1) is 165 Å². The summed E-state index contributed by atoms with van der Waals surface area (Å²) >= 11 is 0. The van der Waals surface area contributed by atoms with Crippen molar-refractivity contribution in [1.82, 2.24) is 62.6 Å². The van der Waals surface area contributed by atoms with Crippen molar-refractivity contribution >= 4 is 53.9 Å². The first kappa shape index (κ1) is 119. The Morgan fingerprint density at radius 2 is 0.336 bits per heavy atom. The average molecular weight is 1810 g/mol. The molecule has 0 atom stereocenters. The molecule has 0 fully saturated rings. The van der Waals surface area contributed by atoms with E-state index in [2.05, 4.69) is 47.9 Å². The highest BCUT2D eigenvalue weighted by Gasteiger charge is 2.24. The largest absolute Gasteiger partial charge is 0.444 e. The Balaban J connectivity index is 6.21. The first-order valence-electron chi connectivity index (χ1n) is 44.6. The molecule has 0 aliphatic carbocycles. The van der Waals surface area contributed by atoms with E-state index in [9.17, 15) is 43.2 Å². The van der Waals surface area contributed by atoms with Crippen LogP contribution in [0, 0.1) is 0 Å². The predicted molar refractivity (Wildman–Crippen MR) is 469 cm³/mol. The number of rotatable bonds is 85. The number of amides is 9.